The van der Waals surface area contributed by atoms with Crippen molar-refractivity contribution in [1.29, 1.82) is 0 Å². The van der Waals surface area contributed by atoms with E-state index in [0.717, 1.165) is 19.6 Å². The van der Waals surface area contributed by atoms with Gasteiger partial charge in [-0.15, -0.1) is 0 Å². The molecule has 1 atom stereocenters. The number of ether oxygens (including phenoxy) is 1. The molecule has 1 N–H and O–H groups in total. The zero-order valence-electron chi connectivity index (χ0n) is 7.11. The first-order chi connectivity index (χ1) is 4.71. The second kappa shape index (κ2) is 2.89. The lowest BCUT2D eigenvalue weighted by Crippen LogP contribution is -2.45. The molecule has 0 aromatic rings. The number of rotatable bonds is 2. The van der Waals surface area contributed by atoms with Crippen LogP contribution in [-0.4, -0.2) is 18.9 Å². The minimum atomic E-state index is -0.0139. The van der Waals surface area contributed by atoms with E-state index in [4.69, 9.17) is 4.74 Å². The van der Waals surface area contributed by atoms with E-state index in [-0.39, 0.29) is 5.72 Å². The van der Waals surface area contributed by atoms with Gasteiger partial charge in [0.05, 0.1) is 6.61 Å². The molecule has 0 radical (unpaired) electrons. The first kappa shape index (κ1) is 8.02. The summed E-state index contributed by atoms with van der Waals surface area (Å²) in [4.78, 5) is 0. The van der Waals surface area contributed by atoms with Gasteiger partial charge in [0.1, 0.15) is 5.72 Å². The van der Waals surface area contributed by atoms with Gasteiger partial charge in [-0.3, -0.25) is 5.32 Å². The molecular weight excluding hydrogens is 126 g/mol. The molecule has 60 valence electrons. The van der Waals surface area contributed by atoms with Crippen molar-refractivity contribution in [2.45, 2.75) is 32.9 Å². The molecular formula is C8H17NO. The van der Waals surface area contributed by atoms with Gasteiger partial charge in [-0.2, -0.15) is 0 Å². The van der Waals surface area contributed by atoms with Crippen molar-refractivity contribution in [1.82, 2.24) is 5.32 Å². The van der Waals surface area contributed by atoms with Crippen molar-refractivity contribution in [3.63, 3.8) is 0 Å². The van der Waals surface area contributed by atoms with Gasteiger partial charge in [0.2, 0.25) is 0 Å². The Hall–Kier alpha value is -0.0800. The molecule has 1 unspecified atom stereocenters. The summed E-state index contributed by atoms with van der Waals surface area (Å²) in [6.45, 7) is 8.43. The van der Waals surface area contributed by atoms with Gasteiger partial charge in [0.15, 0.2) is 0 Å². The predicted molar refractivity (Wildman–Crippen MR) is 41.8 cm³/mol. The quantitative estimate of drug-likeness (QED) is 0.630. The fourth-order valence-electron chi connectivity index (χ4n) is 1.55. The van der Waals surface area contributed by atoms with Crippen LogP contribution in [0.2, 0.25) is 0 Å². The minimum Gasteiger partial charge on any atom is -0.359 e. The molecule has 0 bridgehead atoms. The third kappa shape index (κ3) is 1.18. The molecule has 0 spiro atoms. The summed E-state index contributed by atoms with van der Waals surface area (Å²) in [6.07, 6.45) is 1.06. The Morgan fingerprint density at radius 3 is 2.50 bits per heavy atom. The van der Waals surface area contributed by atoms with Crippen molar-refractivity contribution in [3.8, 4) is 0 Å². The van der Waals surface area contributed by atoms with Crippen LogP contribution in [-0.2, 0) is 4.74 Å². The van der Waals surface area contributed by atoms with Crippen LogP contribution in [0.5, 0.6) is 0 Å². The van der Waals surface area contributed by atoms with Crippen LogP contribution in [0.4, 0.5) is 0 Å². The molecule has 1 heterocycles. The van der Waals surface area contributed by atoms with Gasteiger partial charge >= 0.3 is 0 Å². The van der Waals surface area contributed by atoms with Gasteiger partial charge in [-0.1, -0.05) is 20.8 Å². The summed E-state index contributed by atoms with van der Waals surface area (Å²) in [7, 11) is 0. The van der Waals surface area contributed by atoms with Crippen molar-refractivity contribution in [2.75, 3.05) is 13.2 Å². The highest BCUT2D eigenvalue weighted by molar-refractivity contribution is 4.84. The largest absolute Gasteiger partial charge is 0.359 e. The fourth-order valence-corrected chi connectivity index (χ4v) is 1.55. The van der Waals surface area contributed by atoms with Crippen LogP contribution in [0.25, 0.3) is 0 Å². The highest BCUT2D eigenvalue weighted by atomic mass is 16.5. The van der Waals surface area contributed by atoms with Crippen molar-refractivity contribution in [2.24, 2.45) is 5.92 Å². The summed E-state index contributed by atoms with van der Waals surface area (Å²) in [6, 6.07) is 0. The van der Waals surface area contributed by atoms with Gasteiger partial charge in [-0.05, 0) is 12.3 Å². The zero-order valence-corrected chi connectivity index (χ0v) is 7.11. The summed E-state index contributed by atoms with van der Waals surface area (Å²) < 4.78 is 5.64. The van der Waals surface area contributed by atoms with E-state index < -0.39 is 0 Å². The third-order valence-electron chi connectivity index (χ3n) is 2.34. The Kier molecular flexibility index (Phi) is 2.32. The average molecular weight is 143 g/mol. The molecule has 0 amide bonds. The SMILES string of the molecule is CCC1(C(C)C)NCCO1. The lowest BCUT2D eigenvalue weighted by Gasteiger charge is -2.31. The highest BCUT2D eigenvalue weighted by Gasteiger charge is 2.35. The smallest absolute Gasteiger partial charge is 0.121 e. The monoisotopic (exact) mass is 143 g/mol. The molecule has 2 nitrogen and oxygen atoms in total. The Morgan fingerprint density at radius 1 is 1.60 bits per heavy atom. The highest BCUT2D eigenvalue weighted by Crippen LogP contribution is 2.25. The van der Waals surface area contributed by atoms with E-state index in [1.807, 2.05) is 0 Å². The first-order valence-electron chi connectivity index (χ1n) is 4.10. The molecule has 1 rings (SSSR count). The molecule has 0 aromatic carbocycles. The van der Waals surface area contributed by atoms with Crippen molar-refractivity contribution in [3.05, 3.63) is 0 Å². The number of hydrogen-bond donors (Lipinski definition) is 1. The van der Waals surface area contributed by atoms with Gasteiger partial charge in [0, 0.05) is 6.54 Å². The van der Waals surface area contributed by atoms with E-state index in [2.05, 4.69) is 26.1 Å². The molecule has 1 fully saturated rings. The van der Waals surface area contributed by atoms with Crippen LogP contribution < -0.4 is 5.32 Å². The normalized spacial score (nSPS) is 33.6. The second-order valence-electron chi connectivity index (χ2n) is 3.17. The lowest BCUT2D eigenvalue weighted by molar-refractivity contribution is -0.0502. The Balaban J connectivity index is 2.58. The zero-order chi connectivity index (χ0) is 7.61. The third-order valence-corrected chi connectivity index (χ3v) is 2.34. The molecule has 1 saturated heterocycles. The Morgan fingerprint density at radius 2 is 2.30 bits per heavy atom. The van der Waals surface area contributed by atoms with Crippen molar-refractivity contribution < 1.29 is 4.74 Å². The molecule has 2 heteroatoms. The van der Waals surface area contributed by atoms with Gasteiger partial charge < -0.3 is 4.74 Å². The summed E-state index contributed by atoms with van der Waals surface area (Å²) in [5.74, 6) is 0.569. The topological polar surface area (TPSA) is 21.3 Å². The summed E-state index contributed by atoms with van der Waals surface area (Å²) >= 11 is 0. The molecule has 10 heavy (non-hydrogen) atoms. The lowest BCUT2D eigenvalue weighted by atomic mass is 9.97. The van der Waals surface area contributed by atoms with Crippen LogP contribution >= 0.6 is 0 Å². The summed E-state index contributed by atoms with van der Waals surface area (Å²) in [5, 5.41) is 3.40. The molecule has 1 aliphatic rings. The maximum Gasteiger partial charge on any atom is 0.121 e. The molecule has 0 saturated carbocycles. The minimum absolute atomic E-state index is 0.0139. The number of hydrogen-bond acceptors (Lipinski definition) is 2. The van der Waals surface area contributed by atoms with Crippen LogP contribution in [0, 0.1) is 5.92 Å². The molecule has 1 aliphatic heterocycles. The van der Waals surface area contributed by atoms with Crippen molar-refractivity contribution >= 4 is 0 Å². The van der Waals surface area contributed by atoms with Crippen LogP contribution in [0.1, 0.15) is 27.2 Å². The Bertz CT molecular complexity index is 106. The maximum absolute atomic E-state index is 5.64. The fraction of sp³-hybridized carbons (Fsp3) is 1.00. The Labute approximate surface area is 63.0 Å². The first-order valence-corrected chi connectivity index (χ1v) is 4.10. The average Bonchev–Trinajstić information content (AvgIpc) is 2.35. The van der Waals surface area contributed by atoms with E-state index in [1.165, 1.54) is 0 Å². The standard InChI is InChI=1S/C8H17NO/c1-4-8(7(2)3)9-5-6-10-8/h7,9H,4-6H2,1-3H3. The maximum atomic E-state index is 5.64. The molecule has 0 aliphatic carbocycles. The van der Waals surface area contributed by atoms with Gasteiger partial charge in [0.25, 0.3) is 0 Å². The number of nitrogens with one attached hydrogen (secondary N) is 1. The predicted octanol–water partition coefficient (Wildman–Crippen LogP) is 1.37. The van der Waals surface area contributed by atoms with E-state index in [0.29, 0.717) is 5.92 Å². The van der Waals surface area contributed by atoms with E-state index in [1.54, 1.807) is 0 Å². The second-order valence-corrected chi connectivity index (χ2v) is 3.17. The van der Waals surface area contributed by atoms with Crippen LogP contribution in [0.3, 0.4) is 0 Å². The van der Waals surface area contributed by atoms with E-state index >= 15 is 0 Å². The molecule has 0 aromatic heterocycles. The van der Waals surface area contributed by atoms with E-state index in [9.17, 15) is 0 Å². The van der Waals surface area contributed by atoms with Gasteiger partial charge in [-0.25, -0.2) is 0 Å². The summed E-state index contributed by atoms with van der Waals surface area (Å²) in [5.41, 5.74) is -0.0139. The van der Waals surface area contributed by atoms with Crippen LogP contribution in [0.15, 0.2) is 0 Å².